The van der Waals surface area contributed by atoms with Crippen LogP contribution in [-0.4, -0.2) is 76.4 Å². The summed E-state index contributed by atoms with van der Waals surface area (Å²) in [7, 11) is 4.62. The molecule has 0 bridgehead atoms. The van der Waals surface area contributed by atoms with Crippen molar-refractivity contribution in [1.82, 2.24) is 20.4 Å². The minimum atomic E-state index is 0.869. The van der Waals surface area contributed by atoms with Crippen molar-refractivity contribution < 1.29 is 0 Å². The molecule has 0 aromatic heterocycles. The third-order valence-electron chi connectivity index (χ3n) is 12.4. The number of unbranched alkanes of at least 4 members (excludes halogenated alkanes) is 35. The lowest BCUT2D eigenvalue weighted by molar-refractivity contribution is 0.314. The highest BCUT2D eigenvalue weighted by molar-refractivity contribution is 4.57. The highest BCUT2D eigenvalue weighted by atomic mass is 15.1. The average molecular weight is 883 g/mol. The van der Waals surface area contributed by atoms with E-state index >= 15 is 0 Å². The van der Waals surface area contributed by atoms with Gasteiger partial charge in [-0.15, -0.1) is 0 Å². The van der Waals surface area contributed by atoms with Gasteiger partial charge < -0.3 is 26.2 Å². The first kappa shape index (κ1) is 68.4. The summed E-state index contributed by atoms with van der Waals surface area (Å²) < 4.78 is 0. The third-order valence-corrected chi connectivity index (χ3v) is 12.4. The maximum Gasteiger partial charge on any atom is 0.0455 e. The summed E-state index contributed by atoms with van der Waals surface area (Å²) in [5.74, 6) is 0. The van der Waals surface area contributed by atoms with E-state index in [0.717, 1.165) is 26.3 Å². The quantitative estimate of drug-likeness (QED) is 0.0532. The monoisotopic (exact) mass is 882 g/mol. The van der Waals surface area contributed by atoms with Crippen molar-refractivity contribution >= 4 is 0 Å². The van der Waals surface area contributed by atoms with E-state index in [1.54, 1.807) is 0 Å². The van der Waals surface area contributed by atoms with Crippen molar-refractivity contribution in [2.75, 3.05) is 66.6 Å². The largest absolute Gasteiger partial charge is 0.330 e. The highest BCUT2D eigenvalue weighted by Gasteiger charge is 2.01. The van der Waals surface area contributed by atoms with Gasteiger partial charge in [-0.25, -0.2) is 0 Å². The second-order valence-electron chi connectivity index (χ2n) is 18.9. The molecule has 1 rings (SSSR count). The molecule has 0 aliphatic carbocycles. The Morgan fingerprint density at radius 1 is 0.290 bits per heavy atom. The molecule has 1 heterocycles. The van der Waals surface area contributed by atoms with Crippen LogP contribution in [0.4, 0.5) is 0 Å². The lowest BCUT2D eigenvalue weighted by Gasteiger charge is -2.16. The molecule has 0 aromatic carbocycles. The van der Waals surface area contributed by atoms with Gasteiger partial charge in [0.1, 0.15) is 0 Å². The first-order chi connectivity index (χ1) is 30.5. The number of nitrogens with one attached hydrogen (secondary N) is 2. The maximum absolute atomic E-state index is 5.37. The molecule has 1 saturated heterocycles. The van der Waals surface area contributed by atoms with E-state index in [1.165, 1.54) is 283 Å². The Hall–Kier alpha value is -0.200. The molecule has 1 aliphatic heterocycles. The summed E-state index contributed by atoms with van der Waals surface area (Å²) in [6, 6.07) is 0. The molecule has 0 radical (unpaired) electrons. The molecule has 1 fully saturated rings. The van der Waals surface area contributed by atoms with Crippen LogP contribution in [0.5, 0.6) is 0 Å². The fourth-order valence-corrected chi connectivity index (χ4v) is 8.01. The first-order valence-corrected chi connectivity index (χ1v) is 29.0. The Morgan fingerprint density at radius 3 is 0.629 bits per heavy atom. The molecule has 5 nitrogen and oxygen atoms in total. The molecule has 1 aliphatic rings. The Bertz CT molecular complexity index is 638. The topological polar surface area (TPSA) is 56.6 Å². The zero-order chi connectivity index (χ0) is 46.5. The molecule has 0 amide bonds. The van der Waals surface area contributed by atoms with E-state index in [9.17, 15) is 0 Å². The van der Waals surface area contributed by atoms with Gasteiger partial charge in [-0.1, -0.05) is 273 Å². The van der Waals surface area contributed by atoms with Gasteiger partial charge in [0.2, 0.25) is 0 Å². The van der Waals surface area contributed by atoms with Gasteiger partial charge >= 0.3 is 0 Å². The van der Waals surface area contributed by atoms with Crippen LogP contribution in [-0.2, 0) is 0 Å². The Labute approximate surface area is 396 Å². The second-order valence-corrected chi connectivity index (χ2v) is 18.9. The number of hydrogen-bond donors (Lipinski definition) is 3. The normalized spacial score (nSPS) is 12.0. The van der Waals surface area contributed by atoms with Crippen LogP contribution in [0.3, 0.4) is 0 Å². The van der Waals surface area contributed by atoms with E-state index in [1.807, 2.05) is 13.8 Å². The predicted octanol–water partition coefficient (Wildman–Crippen LogP) is 17.6. The number of nitrogens with zero attached hydrogens (tertiary/aromatic N) is 2. The van der Waals surface area contributed by atoms with Crippen LogP contribution >= 0.6 is 0 Å². The fraction of sp³-hybridized carbons (Fsp3) is 1.00. The van der Waals surface area contributed by atoms with Gasteiger partial charge in [0.05, 0.1) is 0 Å². The molecule has 0 aromatic rings. The van der Waals surface area contributed by atoms with Crippen LogP contribution < -0.4 is 16.4 Å². The summed E-state index contributed by atoms with van der Waals surface area (Å²) in [5.41, 5.74) is 5.37. The smallest absolute Gasteiger partial charge is 0.0455 e. The van der Waals surface area contributed by atoms with Crippen LogP contribution in [0.15, 0.2) is 0 Å². The van der Waals surface area contributed by atoms with Crippen molar-refractivity contribution in [3.05, 3.63) is 0 Å². The van der Waals surface area contributed by atoms with Gasteiger partial charge in [0, 0.05) is 19.8 Å². The first-order valence-electron chi connectivity index (χ1n) is 29.0. The zero-order valence-electron chi connectivity index (χ0n) is 45.4. The molecule has 62 heavy (non-hydrogen) atoms. The molecule has 380 valence electrons. The lowest BCUT2D eigenvalue weighted by atomic mass is 10.1. The van der Waals surface area contributed by atoms with Crippen molar-refractivity contribution in [1.29, 1.82) is 0 Å². The summed E-state index contributed by atoms with van der Waals surface area (Å²) in [5, 5.41) is 6.22. The van der Waals surface area contributed by atoms with E-state index < -0.39 is 0 Å². The van der Waals surface area contributed by atoms with E-state index in [0.29, 0.717) is 0 Å². The predicted molar refractivity (Wildman–Crippen MR) is 289 cm³/mol. The van der Waals surface area contributed by atoms with Gasteiger partial charge in [0.15, 0.2) is 0 Å². The number of rotatable bonds is 44. The van der Waals surface area contributed by atoms with E-state index in [2.05, 4.69) is 69.1 Å². The number of nitrogens with two attached hydrogens (primary N) is 1. The van der Waals surface area contributed by atoms with Crippen LogP contribution in [0.2, 0.25) is 0 Å². The third kappa shape index (κ3) is 74.2. The maximum atomic E-state index is 5.37. The van der Waals surface area contributed by atoms with Crippen LogP contribution in [0.1, 0.15) is 305 Å². The summed E-state index contributed by atoms with van der Waals surface area (Å²) in [4.78, 5) is 5.10. The second kappa shape index (κ2) is 69.8. The Balaban J connectivity index is -0.000000400. The van der Waals surface area contributed by atoms with E-state index in [-0.39, 0.29) is 0 Å². The highest BCUT2D eigenvalue weighted by Crippen LogP contribution is 2.13. The summed E-state index contributed by atoms with van der Waals surface area (Å²) in [6.45, 7) is 24.8. The van der Waals surface area contributed by atoms with Gasteiger partial charge in [-0.3, -0.25) is 0 Å². The van der Waals surface area contributed by atoms with Crippen molar-refractivity contribution in [3.63, 3.8) is 0 Å². The average Bonchev–Trinajstić information content (AvgIpc) is 3.89. The van der Waals surface area contributed by atoms with Gasteiger partial charge in [-0.2, -0.15) is 0 Å². The Morgan fingerprint density at radius 2 is 0.468 bits per heavy atom. The molecule has 0 unspecified atom stereocenters. The minimum absolute atomic E-state index is 0.869. The van der Waals surface area contributed by atoms with Gasteiger partial charge in [0.25, 0.3) is 0 Å². The SMILES string of the molecule is C1CNCN1.CC.CCCCCCCCCCCCN(C)CCCCCCCCCCC.CCCCCCCCCN.CCCCCCCCCN(C)CCCCCCCCC. The fourth-order valence-electron chi connectivity index (χ4n) is 8.01. The molecule has 5 heteroatoms. The van der Waals surface area contributed by atoms with Crippen LogP contribution in [0, 0.1) is 0 Å². The zero-order valence-corrected chi connectivity index (χ0v) is 45.4. The molecule has 0 spiro atoms. The van der Waals surface area contributed by atoms with Gasteiger partial charge in [-0.05, 0) is 78.9 Å². The minimum Gasteiger partial charge on any atom is -0.330 e. The molecule has 4 N–H and O–H groups in total. The molecule has 0 atom stereocenters. The standard InChI is InChI=1S/C24H51N.C19H41N.C9H21N.C3H8N2.C2H6/c1-4-6-8-10-12-14-16-18-20-22-24-25(3)23-21-19-17-15-13-11-9-7-5-2;1-4-6-8-10-12-14-16-18-20(3)19-17-15-13-11-9-7-5-2;1-2-3-4-5-6-7-8-9-10;1-2-5-3-4-1;1-2/h4-24H2,1-3H3;4-19H2,1-3H3;2-10H2,1H3;4-5H,1-3H2;1-2H3. The van der Waals surface area contributed by atoms with Crippen molar-refractivity contribution in [3.8, 4) is 0 Å². The summed E-state index contributed by atoms with van der Waals surface area (Å²) in [6.07, 6.45) is 56.9. The lowest BCUT2D eigenvalue weighted by Crippen LogP contribution is -2.20. The van der Waals surface area contributed by atoms with Crippen molar-refractivity contribution in [2.45, 2.75) is 305 Å². The van der Waals surface area contributed by atoms with Crippen LogP contribution in [0.25, 0.3) is 0 Å². The van der Waals surface area contributed by atoms with Crippen molar-refractivity contribution in [2.24, 2.45) is 5.73 Å². The summed E-state index contributed by atoms with van der Waals surface area (Å²) >= 11 is 0. The molecular weight excluding hydrogens is 755 g/mol. The molecular formula is C57H127N5. The van der Waals surface area contributed by atoms with E-state index in [4.69, 9.17) is 5.73 Å². The Kier molecular flexibility index (Phi) is 77.0. The molecule has 0 saturated carbocycles. The number of hydrogen-bond acceptors (Lipinski definition) is 5.